The molecular formula is C16H14N6O2. The molecule has 0 radical (unpaired) electrons. The Morgan fingerprint density at radius 1 is 0.958 bits per heavy atom. The predicted octanol–water partition coefficient (Wildman–Crippen LogP) is 1.52. The number of hydrogen-bond acceptors (Lipinski definition) is 4. The van der Waals surface area contributed by atoms with Crippen molar-refractivity contribution in [2.75, 3.05) is 5.32 Å². The fourth-order valence-electron chi connectivity index (χ4n) is 2.26. The number of pyridine rings is 1. The van der Waals surface area contributed by atoms with E-state index in [0.29, 0.717) is 5.69 Å². The van der Waals surface area contributed by atoms with Crippen LogP contribution in [0.25, 0.3) is 16.8 Å². The van der Waals surface area contributed by atoms with E-state index in [1.807, 2.05) is 36.4 Å². The second-order valence-corrected chi connectivity index (χ2v) is 4.97. The summed E-state index contributed by atoms with van der Waals surface area (Å²) in [6.07, 6.45) is 4.92. The van der Waals surface area contributed by atoms with E-state index in [1.54, 1.807) is 12.4 Å². The number of aromatic nitrogens is 3. The molecule has 0 aliphatic rings. The summed E-state index contributed by atoms with van der Waals surface area (Å²) in [5.41, 5.74) is 13.2. The fraction of sp³-hybridized carbons (Fsp3) is 0. The van der Waals surface area contributed by atoms with Crippen LogP contribution in [-0.2, 0) is 0 Å². The zero-order chi connectivity index (χ0) is 17.1. The fourth-order valence-corrected chi connectivity index (χ4v) is 2.26. The first kappa shape index (κ1) is 15.2. The van der Waals surface area contributed by atoms with E-state index in [9.17, 15) is 9.59 Å². The van der Waals surface area contributed by atoms with Crippen molar-refractivity contribution in [2.24, 2.45) is 11.5 Å². The number of benzene rings is 1. The lowest BCUT2D eigenvalue weighted by Crippen LogP contribution is -2.22. The van der Waals surface area contributed by atoms with Crippen LogP contribution in [0.4, 0.5) is 10.5 Å². The smallest absolute Gasteiger partial charge is 0.316 e. The zero-order valence-electron chi connectivity index (χ0n) is 12.5. The highest BCUT2D eigenvalue weighted by atomic mass is 16.2. The van der Waals surface area contributed by atoms with Crippen molar-refractivity contribution in [3.05, 3.63) is 60.7 Å². The summed E-state index contributed by atoms with van der Waals surface area (Å²) in [7, 11) is 0. The third-order valence-electron chi connectivity index (χ3n) is 3.35. The molecule has 0 saturated heterocycles. The summed E-state index contributed by atoms with van der Waals surface area (Å²) in [4.78, 5) is 26.4. The van der Waals surface area contributed by atoms with Gasteiger partial charge < -0.3 is 16.8 Å². The van der Waals surface area contributed by atoms with Gasteiger partial charge in [-0.25, -0.2) is 9.48 Å². The van der Waals surface area contributed by atoms with E-state index in [2.05, 4.69) is 15.4 Å². The van der Waals surface area contributed by atoms with Crippen LogP contribution in [-0.4, -0.2) is 26.7 Å². The second-order valence-electron chi connectivity index (χ2n) is 4.97. The maximum atomic E-state index is 11.4. The Morgan fingerprint density at radius 2 is 1.58 bits per heavy atom. The number of primary amides is 2. The summed E-state index contributed by atoms with van der Waals surface area (Å²) < 4.78 is 1.45. The molecule has 24 heavy (non-hydrogen) atoms. The Labute approximate surface area is 137 Å². The van der Waals surface area contributed by atoms with Crippen LogP contribution in [0.1, 0.15) is 10.5 Å². The zero-order valence-corrected chi connectivity index (χ0v) is 12.5. The van der Waals surface area contributed by atoms with E-state index in [-0.39, 0.29) is 11.4 Å². The number of nitrogens with one attached hydrogen (secondary N) is 1. The summed E-state index contributed by atoms with van der Waals surface area (Å²) in [5, 5.41) is 6.43. The molecule has 5 N–H and O–H groups in total. The molecule has 120 valence electrons. The Hall–Kier alpha value is -3.68. The van der Waals surface area contributed by atoms with E-state index < -0.39 is 11.9 Å². The first-order valence-electron chi connectivity index (χ1n) is 7.01. The number of nitrogens with two attached hydrogens (primary N) is 2. The van der Waals surface area contributed by atoms with Gasteiger partial charge in [-0.1, -0.05) is 12.1 Å². The maximum absolute atomic E-state index is 11.4. The molecule has 0 aliphatic carbocycles. The van der Waals surface area contributed by atoms with Gasteiger partial charge in [-0.05, 0) is 35.4 Å². The monoisotopic (exact) mass is 322 g/mol. The van der Waals surface area contributed by atoms with Crippen LogP contribution in [0.5, 0.6) is 0 Å². The van der Waals surface area contributed by atoms with E-state index in [4.69, 9.17) is 11.5 Å². The number of amides is 3. The van der Waals surface area contributed by atoms with Crippen LogP contribution in [0, 0.1) is 0 Å². The molecule has 1 aromatic carbocycles. The third kappa shape index (κ3) is 3.07. The van der Waals surface area contributed by atoms with Gasteiger partial charge >= 0.3 is 6.03 Å². The van der Waals surface area contributed by atoms with Crippen LogP contribution >= 0.6 is 0 Å². The molecule has 8 nitrogen and oxygen atoms in total. The number of carbonyl (C=O) groups excluding carboxylic acids is 2. The molecule has 3 aromatic rings. The molecule has 0 bridgehead atoms. The maximum Gasteiger partial charge on any atom is 0.316 e. The molecule has 0 spiro atoms. The normalized spacial score (nSPS) is 10.3. The minimum Gasteiger partial charge on any atom is -0.364 e. The number of nitrogens with zero attached hydrogens (tertiary/aromatic N) is 3. The number of urea groups is 1. The number of hydrogen-bond donors (Lipinski definition) is 3. The van der Waals surface area contributed by atoms with E-state index in [0.717, 1.165) is 11.1 Å². The SMILES string of the molecule is NC(=O)Nc1cn(-c2ccc(-c3ccncc3)cc2)nc1C(N)=O. The third-order valence-corrected chi connectivity index (χ3v) is 3.35. The molecule has 2 heterocycles. The van der Waals surface area contributed by atoms with Crippen molar-refractivity contribution in [2.45, 2.75) is 0 Å². The standard InChI is InChI=1S/C16H14N6O2/c17-15(23)14-13(20-16(18)24)9-22(21-14)12-3-1-10(2-4-12)11-5-7-19-8-6-11/h1-9H,(H2,17,23)(H3,18,20,24). The summed E-state index contributed by atoms with van der Waals surface area (Å²) in [6, 6.07) is 10.5. The highest BCUT2D eigenvalue weighted by molar-refractivity contribution is 6.00. The van der Waals surface area contributed by atoms with E-state index in [1.165, 1.54) is 10.9 Å². The highest BCUT2D eigenvalue weighted by Gasteiger charge is 2.16. The predicted molar refractivity (Wildman–Crippen MR) is 88.5 cm³/mol. The Bertz CT molecular complexity index is 887. The molecule has 3 rings (SSSR count). The largest absolute Gasteiger partial charge is 0.364 e. The lowest BCUT2D eigenvalue weighted by molar-refractivity contribution is 0.0996. The Balaban J connectivity index is 1.94. The molecule has 0 saturated carbocycles. The summed E-state index contributed by atoms with van der Waals surface area (Å²) in [6.45, 7) is 0. The average molecular weight is 322 g/mol. The minimum atomic E-state index is -0.801. The van der Waals surface area contributed by atoms with E-state index >= 15 is 0 Å². The second kappa shape index (κ2) is 6.21. The molecule has 2 aromatic heterocycles. The van der Waals surface area contributed by atoms with Crippen molar-refractivity contribution < 1.29 is 9.59 Å². The molecular weight excluding hydrogens is 308 g/mol. The van der Waals surface area contributed by atoms with Gasteiger partial charge in [0.25, 0.3) is 5.91 Å². The molecule has 8 heteroatoms. The lowest BCUT2D eigenvalue weighted by Gasteiger charge is -2.04. The number of rotatable bonds is 4. The molecule has 0 fully saturated rings. The van der Waals surface area contributed by atoms with Gasteiger partial charge in [-0.3, -0.25) is 9.78 Å². The van der Waals surface area contributed by atoms with Gasteiger partial charge in [0.1, 0.15) is 0 Å². The van der Waals surface area contributed by atoms with Gasteiger partial charge in [0.15, 0.2) is 5.69 Å². The van der Waals surface area contributed by atoms with Gasteiger partial charge in [0, 0.05) is 12.4 Å². The van der Waals surface area contributed by atoms with Gasteiger partial charge in [-0.2, -0.15) is 5.10 Å². The average Bonchev–Trinajstić information content (AvgIpc) is 2.99. The van der Waals surface area contributed by atoms with Crippen molar-refractivity contribution in [3.8, 4) is 16.8 Å². The Kier molecular flexibility index (Phi) is 3.94. The molecule has 0 unspecified atom stereocenters. The minimum absolute atomic E-state index is 0.0630. The van der Waals surface area contributed by atoms with Crippen molar-refractivity contribution in [1.82, 2.24) is 14.8 Å². The van der Waals surface area contributed by atoms with Gasteiger partial charge in [-0.15, -0.1) is 0 Å². The highest BCUT2D eigenvalue weighted by Crippen LogP contribution is 2.22. The van der Waals surface area contributed by atoms with Crippen LogP contribution < -0.4 is 16.8 Å². The van der Waals surface area contributed by atoms with Gasteiger partial charge in [0.2, 0.25) is 0 Å². The summed E-state index contributed by atoms with van der Waals surface area (Å²) in [5.74, 6) is -0.758. The number of anilines is 1. The topological polar surface area (TPSA) is 129 Å². The summed E-state index contributed by atoms with van der Waals surface area (Å²) >= 11 is 0. The van der Waals surface area contributed by atoms with Crippen molar-refractivity contribution in [3.63, 3.8) is 0 Å². The first-order chi connectivity index (χ1) is 11.5. The lowest BCUT2D eigenvalue weighted by atomic mass is 10.1. The van der Waals surface area contributed by atoms with Crippen LogP contribution in [0.15, 0.2) is 55.0 Å². The van der Waals surface area contributed by atoms with Gasteiger partial charge in [0.05, 0.1) is 17.6 Å². The first-order valence-corrected chi connectivity index (χ1v) is 7.01. The van der Waals surface area contributed by atoms with Crippen molar-refractivity contribution >= 4 is 17.6 Å². The number of carbonyl (C=O) groups is 2. The van der Waals surface area contributed by atoms with Crippen molar-refractivity contribution in [1.29, 1.82) is 0 Å². The quantitative estimate of drug-likeness (QED) is 0.672. The van der Waals surface area contributed by atoms with Crippen LogP contribution in [0.2, 0.25) is 0 Å². The van der Waals surface area contributed by atoms with Crippen LogP contribution in [0.3, 0.4) is 0 Å². The molecule has 3 amide bonds. The molecule has 0 aliphatic heterocycles. The molecule has 0 atom stereocenters. The Morgan fingerprint density at radius 3 is 2.17 bits per heavy atom.